The minimum atomic E-state index is -1.70. The summed E-state index contributed by atoms with van der Waals surface area (Å²) < 4.78 is 18.4. The van der Waals surface area contributed by atoms with E-state index in [-0.39, 0.29) is 17.8 Å². The van der Waals surface area contributed by atoms with Gasteiger partial charge in [-0.3, -0.25) is 14.9 Å². The number of hydrogen-bond acceptors (Lipinski definition) is 11. The fourth-order valence-electron chi connectivity index (χ4n) is 4.10. The molecule has 2 aromatic carbocycles. The van der Waals surface area contributed by atoms with E-state index in [4.69, 9.17) is 14.2 Å². The van der Waals surface area contributed by atoms with Gasteiger partial charge in [-0.15, -0.1) is 0 Å². The molecule has 2 amide bonds. The molecule has 37 heavy (non-hydrogen) atoms. The van der Waals surface area contributed by atoms with Crippen LogP contribution in [0.3, 0.4) is 0 Å². The third-order valence-electron chi connectivity index (χ3n) is 6.22. The van der Waals surface area contributed by atoms with Crippen molar-refractivity contribution in [1.82, 2.24) is 14.9 Å². The molecular formula is C24H25N3O9S. The average Bonchev–Trinajstić information content (AvgIpc) is 3.37. The molecule has 1 aromatic heterocycles. The molecule has 2 fully saturated rings. The summed E-state index contributed by atoms with van der Waals surface area (Å²) in [5.41, 5.74) is 2.29. The highest BCUT2D eigenvalue weighted by Gasteiger charge is 2.44. The maximum atomic E-state index is 11.8. The van der Waals surface area contributed by atoms with Gasteiger partial charge in [-0.2, -0.15) is 0 Å². The highest BCUT2D eigenvalue weighted by Crippen LogP contribution is 2.27. The lowest BCUT2D eigenvalue weighted by Crippen LogP contribution is -2.59. The van der Waals surface area contributed by atoms with Crippen molar-refractivity contribution in [1.29, 1.82) is 0 Å². The molecule has 3 aromatic rings. The molecule has 12 nitrogen and oxygen atoms in total. The molecule has 5 N–H and O–H groups in total. The number of amides is 2. The fraction of sp³-hybridized carbons (Fsp3) is 0.375. The van der Waals surface area contributed by atoms with Crippen molar-refractivity contribution >= 4 is 33.9 Å². The number of nitrogens with zero attached hydrogens (tertiary/aromatic N) is 2. The number of carbonyl (C=O) groups excluding carboxylic acids is 2. The second-order valence-electron chi connectivity index (χ2n) is 8.74. The van der Waals surface area contributed by atoms with Gasteiger partial charge in [-0.25, -0.2) is 4.98 Å². The molecule has 2 aliphatic heterocycles. The highest BCUT2D eigenvalue weighted by atomic mass is 32.2. The smallest absolute Gasteiger partial charge is 0.286 e. The Hall–Kier alpha value is -3.20. The van der Waals surface area contributed by atoms with E-state index >= 15 is 0 Å². The standard InChI is InChI=1S/C24H25N3O9S/c1-27-15-9-13(35-23-20(30)18(28)19(29)22(32)36-23)6-7-14(15)25-17(27)10-34-12-4-2-11(3-5-12)8-16-21(31)26-24(33)37-16/h2-7,9,16,18-20,22-23,28-30,32H,8,10H2,1H3,(H,26,31,33)/t16?,18-,19+,20?,22?,23+/m0/s1. The van der Waals surface area contributed by atoms with Crippen LogP contribution in [-0.4, -0.2) is 77.3 Å². The summed E-state index contributed by atoms with van der Waals surface area (Å²) in [6, 6.07) is 12.3. The number of nitrogens with one attached hydrogen (secondary N) is 1. The second-order valence-corrected chi connectivity index (χ2v) is 9.92. The molecule has 2 saturated heterocycles. The van der Waals surface area contributed by atoms with Gasteiger partial charge < -0.3 is 39.2 Å². The maximum absolute atomic E-state index is 11.8. The number of imidazole rings is 1. The lowest BCUT2D eigenvalue weighted by Gasteiger charge is -2.37. The van der Waals surface area contributed by atoms with Crippen LogP contribution >= 0.6 is 11.8 Å². The Bertz CT molecular complexity index is 1310. The summed E-state index contributed by atoms with van der Waals surface area (Å²) in [6.45, 7) is 0.177. The fourth-order valence-corrected chi connectivity index (χ4v) is 4.95. The van der Waals surface area contributed by atoms with E-state index in [1.165, 1.54) is 0 Å². The van der Waals surface area contributed by atoms with E-state index in [1.807, 2.05) is 23.7 Å². The van der Waals surface area contributed by atoms with Gasteiger partial charge >= 0.3 is 0 Å². The van der Waals surface area contributed by atoms with Gasteiger partial charge in [0.2, 0.25) is 12.2 Å². The van der Waals surface area contributed by atoms with Crippen molar-refractivity contribution in [2.45, 2.75) is 49.2 Å². The monoisotopic (exact) mass is 531 g/mol. The topological polar surface area (TPSA) is 173 Å². The number of rotatable bonds is 7. The number of ether oxygens (including phenoxy) is 3. The lowest BCUT2D eigenvalue weighted by molar-refractivity contribution is -0.321. The van der Waals surface area contributed by atoms with Crippen LogP contribution in [0.25, 0.3) is 11.0 Å². The largest absolute Gasteiger partial charge is 0.486 e. The van der Waals surface area contributed by atoms with Crippen LogP contribution in [0.1, 0.15) is 11.4 Å². The summed E-state index contributed by atoms with van der Waals surface area (Å²) in [4.78, 5) is 27.7. The molecule has 3 heterocycles. The molecule has 6 atom stereocenters. The number of fused-ring (bicyclic) bond motifs is 1. The molecule has 5 rings (SSSR count). The minimum Gasteiger partial charge on any atom is -0.486 e. The Morgan fingerprint density at radius 3 is 2.46 bits per heavy atom. The predicted octanol–water partition coefficient (Wildman–Crippen LogP) is 0.183. The average molecular weight is 532 g/mol. The van der Waals surface area contributed by atoms with Gasteiger partial charge in [0, 0.05) is 13.1 Å². The molecule has 0 bridgehead atoms. The number of aliphatic hydroxyl groups excluding tert-OH is 4. The molecule has 3 unspecified atom stereocenters. The number of aromatic nitrogens is 2. The van der Waals surface area contributed by atoms with E-state index < -0.39 is 36.1 Å². The maximum Gasteiger partial charge on any atom is 0.286 e. The molecule has 2 aliphatic rings. The number of thioether (sulfide) groups is 1. The van der Waals surface area contributed by atoms with E-state index in [9.17, 15) is 30.0 Å². The van der Waals surface area contributed by atoms with Gasteiger partial charge in [0.1, 0.15) is 42.2 Å². The van der Waals surface area contributed by atoms with E-state index in [1.54, 1.807) is 30.3 Å². The third kappa shape index (κ3) is 5.28. The minimum absolute atomic E-state index is 0.177. The van der Waals surface area contributed by atoms with Crippen LogP contribution in [0.4, 0.5) is 4.79 Å². The number of aryl methyl sites for hydroxylation is 1. The van der Waals surface area contributed by atoms with Crippen molar-refractivity contribution in [2.24, 2.45) is 7.05 Å². The first-order valence-electron chi connectivity index (χ1n) is 11.4. The van der Waals surface area contributed by atoms with Crippen LogP contribution in [0.15, 0.2) is 42.5 Å². The van der Waals surface area contributed by atoms with Gasteiger partial charge in [0.15, 0.2) is 6.29 Å². The van der Waals surface area contributed by atoms with Crippen LogP contribution in [0.5, 0.6) is 11.5 Å². The summed E-state index contributed by atoms with van der Waals surface area (Å²) >= 11 is 0.992. The number of aliphatic hydroxyl groups is 4. The van der Waals surface area contributed by atoms with Crippen LogP contribution in [-0.2, 0) is 29.6 Å². The Kier molecular flexibility index (Phi) is 7.07. The normalized spacial score (nSPS) is 27.9. The molecular weight excluding hydrogens is 506 g/mol. The summed E-state index contributed by atoms with van der Waals surface area (Å²) in [5.74, 6) is 1.27. The Morgan fingerprint density at radius 1 is 1.03 bits per heavy atom. The van der Waals surface area contributed by atoms with E-state index in [0.717, 1.165) is 17.3 Å². The van der Waals surface area contributed by atoms with Crippen molar-refractivity contribution in [3.05, 3.63) is 53.9 Å². The van der Waals surface area contributed by atoms with Gasteiger partial charge in [-0.05, 0) is 36.2 Å². The van der Waals surface area contributed by atoms with E-state index in [0.29, 0.717) is 34.8 Å². The zero-order valence-electron chi connectivity index (χ0n) is 19.6. The molecule has 0 spiro atoms. The Morgan fingerprint density at radius 2 is 1.76 bits per heavy atom. The molecule has 13 heteroatoms. The first kappa shape index (κ1) is 25.4. The summed E-state index contributed by atoms with van der Waals surface area (Å²) in [7, 11) is 1.81. The van der Waals surface area contributed by atoms with Gasteiger partial charge in [0.05, 0.1) is 16.3 Å². The SMILES string of the molecule is Cn1c(COc2ccc(CC3SC(=O)NC3=O)cc2)nc2ccc(O[C@@H]3OC(O)[C@H](O)[C@H](O)C3O)cc21. The van der Waals surface area contributed by atoms with Crippen molar-refractivity contribution < 1.29 is 44.2 Å². The first-order valence-corrected chi connectivity index (χ1v) is 12.3. The van der Waals surface area contributed by atoms with Crippen LogP contribution in [0.2, 0.25) is 0 Å². The second kappa shape index (κ2) is 10.3. The van der Waals surface area contributed by atoms with E-state index in [2.05, 4.69) is 10.3 Å². The first-order chi connectivity index (χ1) is 17.7. The van der Waals surface area contributed by atoms with Crippen molar-refractivity contribution in [2.75, 3.05) is 0 Å². The van der Waals surface area contributed by atoms with Gasteiger partial charge in [0.25, 0.3) is 5.24 Å². The lowest BCUT2D eigenvalue weighted by atomic mass is 10.0. The van der Waals surface area contributed by atoms with Crippen LogP contribution in [0, 0.1) is 0 Å². The van der Waals surface area contributed by atoms with Crippen LogP contribution < -0.4 is 14.8 Å². The number of hydrogen-bond donors (Lipinski definition) is 5. The predicted molar refractivity (Wildman–Crippen MR) is 130 cm³/mol. The van der Waals surface area contributed by atoms with Crippen molar-refractivity contribution in [3.63, 3.8) is 0 Å². The van der Waals surface area contributed by atoms with Crippen molar-refractivity contribution in [3.8, 4) is 11.5 Å². The number of imide groups is 1. The number of carbonyl (C=O) groups is 2. The Balaban J connectivity index is 1.22. The molecule has 0 radical (unpaired) electrons. The third-order valence-corrected chi connectivity index (χ3v) is 7.20. The quantitative estimate of drug-likeness (QED) is 0.282. The summed E-state index contributed by atoms with van der Waals surface area (Å²) in [5, 5.41) is 40.8. The zero-order valence-corrected chi connectivity index (χ0v) is 20.4. The summed E-state index contributed by atoms with van der Waals surface area (Å²) in [6.07, 6.45) is -7.48. The zero-order chi connectivity index (χ0) is 26.3. The molecule has 196 valence electrons. The van der Waals surface area contributed by atoms with Gasteiger partial charge in [-0.1, -0.05) is 23.9 Å². The highest BCUT2D eigenvalue weighted by molar-refractivity contribution is 8.15. The Labute approximate surface area is 214 Å². The molecule has 0 saturated carbocycles. The molecule has 0 aliphatic carbocycles. The number of benzene rings is 2.